The van der Waals surface area contributed by atoms with Crippen LogP contribution in [0.2, 0.25) is 0 Å². The first-order chi connectivity index (χ1) is 8.35. The first kappa shape index (κ1) is 13.1. The first-order valence-corrected chi connectivity index (χ1v) is 7.22. The minimum Gasteiger partial charge on any atom is -0.477 e. The molecule has 0 unspecified atom stereocenters. The monoisotopic (exact) mass is 272 g/mol. The van der Waals surface area contributed by atoms with Gasteiger partial charge in [-0.3, -0.25) is 0 Å². The lowest BCUT2D eigenvalue weighted by molar-refractivity contribution is 0.0690. The maximum absolute atomic E-state index is 12.4. The highest BCUT2D eigenvalue weighted by Gasteiger charge is 2.32. The molecule has 2 N–H and O–H groups in total. The van der Waals surface area contributed by atoms with Crippen LogP contribution in [0.5, 0.6) is 0 Å². The van der Waals surface area contributed by atoms with Crippen molar-refractivity contribution in [2.45, 2.75) is 31.6 Å². The van der Waals surface area contributed by atoms with Gasteiger partial charge >= 0.3 is 5.97 Å². The van der Waals surface area contributed by atoms with Crippen LogP contribution in [-0.2, 0) is 10.0 Å². The van der Waals surface area contributed by atoms with Crippen LogP contribution >= 0.6 is 0 Å². The van der Waals surface area contributed by atoms with Crippen LogP contribution in [0.4, 0.5) is 0 Å². The Hall–Kier alpha value is -1.34. The van der Waals surface area contributed by atoms with E-state index in [1.807, 2.05) is 0 Å². The van der Waals surface area contributed by atoms with Crippen molar-refractivity contribution in [1.82, 2.24) is 9.29 Å². The molecule has 7 heteroatoms. The van der Waals surface area contributed by atoms with E-state index in [1.165, 1.54) is 11.2 Å². The molecule has 0 atom stereocenters. The van der Waals surface area contributed by atoms with Gasteiger partial charge in [-0.25, -0.2) is 13.2 Å². The summed E-state index contributed by atoms with van der Waals surface area (Å²) in [6.45, 7) is 4.13. The molecule has 1 aliphatic rings. The summed E-state index contributed by atoms with van der Waals surface area (Å²) in [6, 6.07) is 0. The fraction of sp³-hybridized carbons (Fsp3) is 0.545. The summed E-state index contributed by atoms with van der Waals surface area (Å²) in [6.07, 6.45) is 1.71. The molecule has 100 valence electrons. The summed E-state index contributed by atoms with van der Waals surface area (Å²) in [5.41, 5.74) is 0.619. The number of nitrogens with one attached hydrogen (secondary N) is 1. The quantitative estimate of drug-likeness (QED) is 0.862. The number of nitrogens with zero attached hydrogens (tertiary/aromatic N) is 1. The smallest absolute Gasteiger partial charge is 0.352 e. The van der Waals surface area contributed by atoms with Gasteiger partial charge < -0.3 is 10.1 Å². The van der Waals surface area contributed by atoms with E-state index in [4.69, 9.17) is 5.11 Å². The highest BCUT2D eigenvalue weighted by atomic mass is 32.2. The number of sulfonamides is 1. The predicted octanol–water partition coefficient (Wildman–Crippen LogP) is 1.11. The minimum atomic E-state index is -3.57. The zero-order chi connectivity index (χ0) is 13.5. The SMILES string of the molecule is Cc1[nH]c(C(=O)O)c(C)c1S(=O)(=O)N1CCCC1. The van der Waals surface area contributed by atoms with Gasteiger partial charge in [0.1, 0.15) is 10.6 Å². The van der Waals surface area contributed by atoms with E-state index >= 15 is 0 Å². The molecule has 1 fully saturated rings. The number of hydrogen-bond acceptors (Lipinski definition) is 3. The Bertz CT molecular complexity index is 582. The van der Waals surface area contributed by atoms with Crippen molar-refractivity contribution in [2.24, 2.45) is 0 Å². The van der Waals surface area contributed by atoms with E-state index < -0.39 is 16.0 Å². The van der Waals surface area contributed by atoms with Gasteiger partial charge in [0.25, 0.3) is 0 Å². The number of carboxylic acids is 1. The van der Waals surface area contributed by atoms with Crippen molar-refractivity contribution in [1.29, 1.82) is 0 Å². The Kier molecular flexibility index (Phi) is 3.20. The van der Waals surface area contributed by atoms with Gasteiger partial charge in [-0.2, -0.15) is 4.31 Å². The number of carboxylic acid groups (broad SMARTS) is 1. The second-order valence-electron chi connectivity index (χ2n) is 4.50. The van der Waals surface area contributed by atoms with Crippen LogP contribution < -0.4 is 0 Å². The molecule has 2 rings (SSSR count). The van der Waals surface area contributed by atoms with Crippen molar-refractivity contribution >= 4 is 16.0 Å². The largest absolute Gasteiger partial charge is 0.477 e. The topological polar surface area (TPSA) is 90.5 Å². The van der Waals surface area contributed by atoms with Crippen molar-refractivity contribution in [3.8, 4) is 0 Å². The van der Waals surface area contributed by atoms with Crippen LogP contribution in [-0.4, -0.2) is 41.9 Å². The Morgan fingerprint density at radius 2 is 1.83 bits per heavy atom. The van der Waals surface area contributed by atoms with Gasteiger partial charge in [0.15, 0.2) is 0 Å². The zero-order valence-corrected chi connectivity index (χ0v) is 11.2. The molecule has 0 bridgehead atoms. The van der Waals surface area contributed by atoms with Crippen LogP contribution in [0.25, 0.3) is 0 Å². The molecule has 0 aliphatic carbocycles. The molecule has 0 saturated carbocycles. The van der Waals surface area contributed by atoms with Crippen molar-refractivity contribution < 1.29 is 18.3 Å². The molecule has 1 saturated heterocycles. The van der Waals surface area contributed by atoms with Gasteiger partial charge in [0, 0.05) is 24.3 Å². The van der Waals surface area contributed by atoms with Crippen molar-refractivity contribution in [2.75, 3.05) is 13.1 Å². The number of carbonyl (C=O) groups is 1. The van der Waals surface area contributed by atoms with Gasteiger partial charge in [-0.15, -0.1) is 0 Å². The third-order valence-corrected chi connectivity index (χ3v) is 5.42. The van der Waals surface area contributed by atoms with E-state index in [0.717, 1.165) is 12.8 Å². The van der Waals surface area contributed by atoms with Crippen LogP contribution in [0.1, 0.15) is 34.6 Å². The number of aromatic nitrogens is 1. The molecule has 1 aromatic rings. The molecule has 1 aromatic heterocycles. The van der Waals surface area contributed by atoms with E-state index in [9.17, 15) is 13.2 Å². The zero-order valence-electron chi connectivity index (χ0n) is 10.4. The highest BCUT2D eigenvalue weighted by Crippen LogP contribution is 2.28. The molecule has 0 aromatic carbocycles. The third-order valence-electron chi connectivity index (χ3n) is 3.25. The fourth-order valence-electron chi connectivity index (χ4n) is 2.39. The highest BCUT2D eigenvalue weighted by molar-refractivity contribution is 7.89. The third kappa shape index (κ3) is 1.93. The van der Waals surface area contributed by atoms with E-state index in [0.29, 0.717) is 18.8 Å². The van der Waals surface area contributed by atoms with Gasteiger partial charge in [-0.05, 0) is 26.7 Å². The number of aromatic amines is 1. The summed E-state index contributed by atoms with van der Waals surface area (Å²) >= 11 is 0. The average Bonchev–Trinajstić information content (AvgIpc) is 2.86. The Balaban J connectivity index is 2.54. The standard InChI is InChI=1S/C11H16N2O4S/c1-7-9(11(14)15)12-8(2)10(7)18(16,17)13-5-3-4-6-13/h12H,3-6H2,1-2H3,(H,14,15). The fourth-order valence-corrected chi connectivity index (χ4v) is 4.32. The lowest BCUT2D eigenvalue weighted by atomic mass is 10.2. The molecule has 1 aliphatic heterocycles. The van der Waals surface area contributed by atoms with E-state index in [-0.39, 0.29) is 16.2 Å². The van der Waals surface area contributed by atoms with Gasteiger partial charge in [0.2, 0.25) is 10.0 Å². The molecule has 0 radical (unpaired) electrons. The normalized spacial score (nSPS) is 17.2. The number of hydrogen-bond donors (Lipinski definition) is 2. The number of aryl methyl sites for hydroxylation is 1. The van der Waals surface area contributed by atoms with Gasteiger partial charge in [-0.1, -0.05) is 0 Å². The second kappa shape index (κ2) is 4.40. The van der Waals surface area contributed by atoms with Crippen molar-refractivity contribution in [3.63, 3.8) is 0 Å². The molecule has 2 heterocycles. The summed E-state index contributed by atoms with van der Waals surface area (Å²) in [7, 11) is -3.57. The van der Waals surface area contributed by atoms with Crippen LogP contribution in [0.15, 0.2) is 4.90 Å². The van der Waals surface area contributed by atoms with Gasteiger partial charge in [0.05, 0.1) is 0 Å². The molecule has 0 amide bonds. The summed E-state index contributed by atoms with van der Waals surface area (Å²) in [5.74, 6) is -1.14. The van der Waals surface area contributed by atoms with Crippen LogP contribution in [0.3, 0.4) is 0 Å². The average molecular weight is 272 g/mol. The lowest BCUT2D eigenvalue weighted by Crippen LogP contribution is -2.28. The lowest BCUT2D eigenvalue weighted by Gasteiger charge is -2.15. The summed E-state index contributed by atoms with van der Waals surface area (Å²) in [4.78, 5) is 13.7. The molecule has 0 spiro atoms. The minimum absolute atomic E-state index is 0.0507. The summed E-state index contributed by atoms with van der Waals surface area (Å²) in [5, 5.41) is 8.99. The maximum Gasteiger partial charge on any atom is 0.352 e. The maximum atomic E-state index is 12.4. The predicted molar refractivity (Wildman–Crippen MR) is 65.2 cm³/mol. The van der Waals surface area contributed by atoms with Crippen LogP contribution in [0, 0.1) is 13.8 Å². The first-order valence-electron chi connectivity index (χ1n) is 5.78. The Morgan fingerprint density at radius 3 is 2.28 bits per heavy atom. The van der Waals surface area contributed by atoms with E-state index in [2.05, 4.69) is 4.98 Å². The number of rotatable bonds is 3. The number of H-pyrrole nitrogens is 1. The van der Waals surface area contributed by atoms with Crippen molar-refractivity contribution in [3.05, 3.63) is 17.0 Å². The molecule has 18 heavy (non-hydrogen) atoms. The molecular formula is C11H16N2O4S. The number of aromatic carboxylic acids is 1. The Labute approximate surface area is 106 Å². The molecule has 6 nitrogen and oxygen atoms in total. The summed E-state index contributed by atoms with van der Waals surface area (Å²) < 4.78 is 26.3. The van der Waals surface area contributed by atoms with E-state index in [1.54, 1.807) is 6.92 Å². The molecular weight excluding hydrogens is 256 g/mol. The Morgan fingerprint density at radius 1 is 1.28 bits per heavy atom. The second-order valence-corrected chi connectivity index (χ2v) is 6.37.